The van der Waals surface area contributed by atoms with Crippen LogP contribution in [0.3, 0.4) is 0 Å². The van der Waals surface area contributed by atoms with E-state index in [0.717, 1.165) is 12.0 Å². The SMILES string of the molecule is O=C(NCc1ccccc1)C(O)CC[C@H]1CCNC1=O. The quantitative estimate of drug-likeness (QED) is 0.711. The van der Waals surface area contributed by atoms with Gasteiger partial charge in [-0.25, -0.2) is 0 Å². The molecule has 0 aromatic heterocycles. The van der Waals surface area contributed by atoms with Crippen LogP contribution in [-0.2, 0) is 16.1 Å². The Morgan fingerprint density at radius 2 is 2.15 bits per heavy atom. The fourth-order valence-corrected chi connectivity index (χ4v) is 2.31. The van der Waals surface area contributed by atoms with Gasteiger partial charge in [0.15, 0.2) is 0 Å². The molecule has 1 aliphatic rings. The van der Waals surface area contributed by atoms with Crippen LogP contribution in [0.2, 0.25) is 0 Å². The van der Waals surface area contributed by atoms with Gasteiger partial charge in [0.05, 0.1) is 0 Å². The molecule has 5 nitrogen and oxygen atoms in total. The summed E-state index contributed by atoms with van der Waals surface area (Å²) in [6.45, 7) is 1.10. The molecule has 1 heterocycles. The minimum absolute atomic E-state index is 0.0295. The van der Waals surface area contributed by atoms with Gasteiger partial charge in [-0.15, -0.1) is 0 Å². The molecule has 1 saturated heterocycles. The third-order valence-electron chi connectivity index (χ3n) is 3.56. The number of benzene rings is 1. The van der Waals surface area contributed by atoms with E-state index in [2.05, 4.69) is 10.6 Å². The van der Waals surface area contributed by atoms with Gasteiger partial charge in [-0.2, -0.15) is 0 Å². The van der Waals surface area contributed by atoms with Crippen LogP contribution in [0.4, 0.5) is 0 Å². The van der Waals surface area contributed by atoms with Crippen molar-refractivity contribution >= 4 is 11.8 Å². The van der Waals surface area contributed by atoms with Crippen LogP contribution in [-0.4, -0.2) is 29.6 Å². The summed E-state index contributed by atoms with van der Waals surface area (Å²) in [5, 5.41) is 15.2. The number of carbonyl (C=O) groups is 2. The first-order chi connectivity index (χ1) is 9.66. The summed E-state index contributed by atoms with van der Waals surface area (Å²) in [4.78, 5) is 23.1. The van der Waals surface area contributed by atoms with Gasteiger partial charge in [0.25, 0.3) is 0 Å². The molecule has 0 radical (unpaired) electrons. The lowest BCUT2D eigenvalue weighted by Crippen LogP contribution is -2.34. The fourth-order valence-electron chi connectivity index (χ4n) is 2.31. The standard InChI is InChI=1S/C15H20N2O3/c18-13(7-6-12-8-9-16-14(12)19)15(20)17-10-11-4-2-1-3-5-11/h1-5,12-13,18H,6-10H2,(H,16,19)(H,17,20)/t12-,13?/m0/s1. The van der Waals surface area contributed by atoms with Crippen LogP contribution in [0.25, 0.3) is 0 Å². The second-order valence-electron chi connectivity index (χ2n) is 5.07. The highest BCUT2D eigenvalue weighted by Crippen LogP contribution is 2.17. The van der Waals surface area contributed by atoms with Crippen LogP contribution in [0, 0.1) is 5.92 Å². The number of aliphatic hydroxyl groups is 1. The molecule has 0 aliphatic carbocycles. The Morgan fingerprint density at radius 1 is 1.40 bits per heavy atom. The van der Waals surface area contributed by atoms with Crippen molar-refractivity contribution < 1.29 is 14.7 Å². The Bertz CT molecular complexity index is 461. The summed E-state index contributed by atoms with van der Waals surface area (Å²) in [7, 11) is 0. The molecule has 2 rings (SSSR count). The molecule has 0 spiro atoms. The highest BCUT2D eigenvalue weighted by molar-refractivity contribution is 5.81. The lowest BCUT2D eigenvalue weighted by Gasteiger charge is -2.13. The van der Waals surface area contributed by atoms with Gasteiger partial charge in [0.2, 0.25) is 11.8 Å². The van der Waals surface area contributed by atoms with Crippen LogP contribution in [0.1, 0.15) is 24.8 Å². The smallest absolute Gasteiger partial charge is 0.249 e. The van der Waals surface area contributed by atoms with Crippen molar-refractivity contribution in [1.29, 1.82) is 0 Å². The molecule has 1 aromatic carbocycles. The summed E-state index contributed by atoms with van der Waals surface area (Å²) in [6, 6.07) is 9.53. The molecule has 0 bridgehead atoms. The van der Waals surface area contributed by atoms with E-state index in [1.165, 1.54) is 0 Å². The molecule has 2 amide bonds. The van der Waals surface area contributed by atoms with E-state index in [0.29, 0.717) is 25.9 Å². The second-order valence-corrected chi connectivity index (χ2v) is 5.07. The monoisotopic (exact) mass is 276 g/mol. The third kappa shape index (κ3) is 4.06. The van der Waals surface area contributed by atoms with Crippen molar-refractivity contribution in [2.45, 2.75) is 31.9 Å². The molecule has 5 heteroatoms. The molecule has 1 unspecified atom stereocenters. The second kappa shape index (κ2) is 7.05. The molecule has 1 fully saturated rings. The van der Waals surface area contributed by atoms with Crippen molar-refractivity contribution in [2.24, 2.45) is 5.92 Å². The topological polar surface area (TPSA) is 78.4 Å². The zero-order valence-corrected chi connectivity index (χ0v) is 11.3. The van der Waals surface area contributed by atoms with E-state index in [1.54, 1.807) is 0 Å². The van der Waals surface area contributed by atoms with Crippen molar-refractivity contribution in [2.75, 3.05) is 6.54 Å². The third-order valence-corrected chi connectivity index (χ3v) is 3.56. The van der Waals surface area contributed by atoms with Gasteiger partial charge < -0.3 is 15.7 Å². The highest BCUT2D eigenvalue weighted by Gasteiger charge is 2.25. The number of nitrogens with one attached hydrogen (secondary N) is 2. The van der Waals surface area contributed by atoms with Crippen molar-refractivity contribution in [3.05, 3.63) is 35.9 Å². The summed E-state index contributed by atoms with van der Waals surface area (Å²) in [5.74, 6) is -0.416. The first kappa shape index (κ1) is 14.5. The zero-order valence-electron chi connectivity index (χ0n) is 11.3. The molecule has 1 aromatic rings. The van der Waals surface area contributed by atoms with Crippen molar-refractivity contribution in [3.63, 3.8) is 0 Å². The number of aliphatic hydroxyl groups excluding tert-OH is 1. The molecular formula is C15H20N2O3. The predicted octanol–water partition coefficient (Wildman–Crippen LogP) is 0.580. The van der Waals surface area contributed by atoms with E-state index in [4.69, 9.17) is 0 Å². The normalized spacial score (nSPS) is 19.4. The summed E-state index contributed by atoms with van der Waals surface area (Å²) >= 11 is 0. The number of rotatable bonds is 6. The Labute approximate surface area is 118 Å². The van der Waals surface area contributed by atoms with E-state index in [-0.39, 0.29) is 17.7 Å². The lowest BCUT2D eigenvalue weighted by atomic mass is 9.99. The maximum Gasteiger partial charge on any atom is 0.249 e. The lowest BCUT2D eigenvalue weighted by molar-refractivity contribution is -0.130. The van der Waals surface area contributed by atoms with Crippen LogP contribution in [0.15, 0.2) is 30.3 Å². The Balaban J connectivity index is 1.70. The number of carbonyl (C=O) groups excluding carboxylic acids is 2. The average molecular weight is 276 g/mol. The first-order valence-electron chi connectivity index (χ1n) is 6.94. The van der Waals surface area contributed by atoms with Crippen molar-refractivity contribution in [1.82, 2.24) is 10.6 Å². The van der Waals surface area contributed by atoms with E-state index >= 15 is 0 Å². The van der Waals surface area contributed by atoms with Gasteiger partial charge in [0.1, 0.15) is 6.10 Å². The van der Waals surface area contributed by atoms with E-state index in [9.17, 15) is 14.7 Å². The molecule has 20 heavy (non-hydrogen) atoms. The van der Waals surface area contributed by atoms with Gasteiger partial charge in [-0.05, 0) is 24.8 Å². The molecular weight excluding hydrogens is 256 g/mol. The molecule has 2 atom stereocenters. The predicted molar refractivity (Wildman–Crippen MR) is 74.6 cm³/mol. The van der Waals surface area contributed by atoms with Crippen molar-refractivity contribution in [3.8, 4) is 0 Å². The Kier molecular flexibility index (Phi) is 5.12. The maximum absolute atomic E-state index is 11.7. The Hall–Kier alpha value is -1.88. The van der Waals surface area contributed by atoms with Gasteiger partial charge in [0, 0.05) is 19.0 Å². The molecule has 108 valence electrons. The van der Waals surface area contributed by atoms with Crippen LogP contribution >= 0.6 is 0 Å². The van der Waals surface area contributed by atoms with Gasteiger partial charge in [-0.1, -0.05) is 30.3 Å². The van der Waals surface area contributed by atoms with Crippen LogP contribution < -0.4 is 10.6 Å². The minimum Gasteiger partial charge on any atom is -0.383 e. The van der Waals surface area contributed by atoms with Gasteiger partial charge >= 0.3 is 0 Å². The van der Waals surface area contributed by atoms with Crippen LogP contribution in [0.5, 0.6) is 0 Å². The molecule has 0 saturated carbocycles. The maximum atomic E-state index is 11.7. The van der Waals surface area contributed by atoms with E-state index < -0.39 is 6.10 Å². The fraction of sp³-hybridized carbons (Fsp3) is 0.467. The molecule has 1 aliphatic heterocycles. The summed E-state index contributed by atoms with van der Waals surface area (Å²) in [6.07, 6.45) is 0.605. The highest BCUT2D eigenvalue weighted by atomic mass is 16.3. The zero-order chi connectivity index (χ0) is 14.4. The Morgan fingerprint density at radius 3 is 2.80 bits per heavy atom. The number of amides is 2. The molecule has 3 N–H and O–H groups in total. The van der Waals surface area contributed by atoms with Gasteiger partial charge in [-0.3, -0.25) is 9.59 Å². The number of hydrogen-bond donors (Lipinski definition) is 3. The first-order valence-corrected chi connectivity index (χ1v) is 6.94. The summed E-state index contributed by atoms with van der Waals surface area (Å²) in [5.41, 5.74) is 0.989. The number of hydrogen-bond acceptors (Lipinski definition) is 3. The minimum atomic E-state index is -1.05. The average Bonchev–Trinajstić information content (AvgIpc) is 2.88. The summed E-state index contributed by atoms with van der Waals surface area (Å²) < 4.78 is 0. The largest absolute Gasteiger partial charge is 0.383 e. The van der Waals surface area contributed by atoms with E-state index in [1.807, 2.05) is 30.3 Å².